The van der Waals surface area contributed by atoms with Crippen molar-refractivity contribution in [3.05, 3.63) is 71.3 Å². The minimum absolute atomic E-state index is 0.281. The molecule has 33 heavy (non-hydrogen) atoms. The van der Waals surface area contributed by atoms with Crippen LogP contribution < -0.4 is 0 Å². The highest BCUT2D eigenvalue weighted by molar-refractivity contribution is 5.30. The minimum atomic E-state index is -0.343. The monoisotopic (exact) mass is 460 g/mol. The molecule has 2 aromatic rings. The number of aliphatic hydroxyl groups is 1. The summed E-state index contributed by atoms with van der Waals surface area (Å²) in [6.07, 6.45) is 6.74. The van der Waals surface area contributed by atoms with E-state index >= 15 is 0 Å². The number of rotatable bonds is 14. The van der Waals surface area contributed by atoms with E-state index < -0.39 is 0 Å². The van der Waals surface area contributed by atoms with Crippen LogP contribution in [0.1, 0.15) is 55.8 Å². The molecule has 0 unspecified atom stereocenters. The van der Waals surface area contributed by atoms with Gasteiger partial charge >= 0.3 is 0 Å². The standard InChI is InChI=1S/C27H38F2N2O2/c28-25-11-7-23(8-12-25)27(24-9-13-26(29)14-10-24)33-22-20-31-18-16-30(17-19-31)15-5-3-1-2-4-6-21-32/h7-14,27,32H,1-6,15-22H2. The molecule has 1 heterocycles. The summed E-state index contributed by atoms with van der Waals surface area (Å²) in [5.41, 5.74) is 1.73. The van der Waals surface area contributed by atoms with Crippen LogP contribution in [0, 0.1) is 11.6 Å². The Morgan fingerprint density at radius 2 is 1.12 bits per heavy atom. The summed E-state index contributed by atoms with van der Waals surface area (Å²) in [7, 11) is 0. The highest BCUT2D eigenvalue weighted by Crippen LogP contribution is 2.26. The van der Waals surface area contributed by atoms with Crippen LogP contribution in [-0.4, -0.2) is 67.4 Å². The molecule has 0 aromatic heterocycles. The van der Waals surface area contributed by atoms with Gasteiger partial charge in [-0.3, -0.25) is 4.90 Å². The van der Waals surface area contributed by atoms with E-state index in [1.807, 2.05) is 0 Å². The van der Waals surface area contributed by atoms with Crippen molar-refractivity contribution in [3.63, 3.8) is 0 Å². The molecule has 1 N–H and O–H groups in total. The zero-order chi connectivity index (χ0) is 23.3. The van der Waals surface area contributed by atoms with Crippen molar-refractivity contribution in [2.75, 3.05) is 52.5 Å². The average Bonchev–Trinajstić information content (AvgIpc) is 2.84. The maximum Gasteiger partial charge on any atom is 0.123 e. The Kier molecular flexibility index (Phi) is 11.2. The number of aliphatic hydroxyl groups excluding tert-OH is 1. The Bertz CT molecular complexity index is 732. The first-order valence-electron chi connectivity index (χ1n) is 12.3. The number of benzene rings is 2. The van der Waals surface area contributed by atoms with Crippen molar-refractivity contribution < 1.29 is 18.6 Å². The van der Waals surface area contributed by atoms with E-state index in [1.54, 1.807) is 24.3 Å². The molecule has 0 bridgehead atoms. The lowest BCUT2D eigenvalue weighted by Crippen LogP contribution is -2.47. The van der Waals surface area contributed by atoms with Gasteiger partial charge in [0.25, 0.3) is 0 Å². The smallest absolute Gasteiger partial charge is 0.123 e. The second-order valence-corrected chi connectivity index (χ2v) is 8.88. The third-order valence-corrected chi connectivity index (χ3v) is 6.38. The topological polar surface area (TPSA) is 35.9 Å². The van der Waals surface area contributed by atoms with Crippen LogP contribution in [0.3, 0.4) is 0 Å². The SMILES string of the molecule is OCCCCCCCCN1CCN(CCOC(c2ccc(F)cc2)c2ccc(F)cc2)CC1. The van der Waals surface area contributed by atoms with Crippen molar-refractivity contribution >= 4 is 0 Å². The summed E-state index contributed by atoms with van der Waals surface area (Å²) in [6, 6.07) is 12.7. The number of ether oxygens (including phenoxy) is 1. The van der Waals surface area contributed by atoms with Gasteiger partial charge in [-0.05, 0) is 54.8 Å². The average molecular weight is 461 g/mol. The molecule has 0 amide bonds. The third kappa shape index (κ3) is 9.13. The molecule has 3 rings (SSSR count). The molecule has 1 aliphatic rings. The number of piperazine rings is 1. The largest absolute Gasteiger partial charge is 0.396 e. The van der Waals surface area contributed by atoms with Crippen LogP contribution in [0.2, 0.25) is 0 Å². The van der Waals surface area contributed by atoms with Gasteiger partial charge in [-0.2, -0.15) is 0 Å². The van der Waals surface area contributed by atoms with Crippen molar-refractivity contribution in [1.82, 2.24) is 9.80 Å². The molecule has 0 aliphatic carbocycles. The third-order valence-electron chi connectivity index (χ3n) is 6.38. The zero-order valence-corrected chi connectivity index (χ0v) is 19.6. The highest BCUT2D eigenvalue weighted by Gasteiger charge is 2.19. The normalized spacial score (nSPS) is 15.4. The van der Waals surface area contributed by atoms with Gasteiger partial charge in [0.1, 0.15) is 17.7 Å². The number of hydrogen-bond donors (Lipinski definition) is 1. The molecule has 6 heteroatoms. The van der Waals surface area contributed by atoms with Crippen molar-refractivity contribution in [1.29, 1.82) is 0 Å². The van der Waals surface area contributed by atoms with Crippen LogP contribution in [0.4, 0.5) is 8.78 Å². The van der Waals surface area contributed by atoms with Gasteiger partial charge in [0.15, 0.2) is 0 Å². The Morgan fingerprint density at radius 1 is 0.667 bits per heavy atom. The molecule has 0 radical (unpaired) electrons. The summed E-state index contributed by atoms with van der Waals surface area (Å²) in [5.74, 6) is -0.563. The molecule has 0 spiro atoms. The van der Waals surface area contributed by atoms with Crippen LogP contribution in [0.15, 0.2) is 48.5 Å². The summed E-state index contributed by atoms with van der Waals surface area (Å²) in [5, 5.41) is 8.82. The molecule has 2 aromatic carbocycles. The van der Waals surface area contributed by atoms with Gasteiger partial charge in [-0.1, -0.05) is 49.9 Å². The summed E-state index contributed by atoms with van der Waals surface area (Å²) in [6.45, 7) is 7.14. The Morgan fingerprint density at radius 3 is 1.64 bits per heavy atom. The molecule has 0 saturated carbocycles. The second kappa shape index (κ2) is 14.4. The fourth-order valence-electron chi connectivity index (χ4n) is 4.35. The van der Waals surface area contributed by atoms with E-state index in [0.29, 0.717) is 13.2 Å². The first kappa shape index (κ1) is 25.8. The molecule has 182 valence electrons. The molecular formula is C27H38F2N2O2. The predicted molar refractivity (Wildman–Crippen MR) is 128 cm³/mol. The lowest BCUT2D eigenvalue weighted by molar-refractivity contribution is 0.0450. The van der Waals surface area contributed by atoms with Crippen LogP contribution in [0.5, 0.6) is 0 Å². The number of unbranched alkanes of at least 4 members (excludes halogenated alkanes) is 5. The Balaban J connectivity index is 1.38. The molecule has 0 atom stereocenters. The van der Waals surface area contributed by atoms with Gasteiger partial charge in [-0.25, -0.2) is 8.78 Å². The van der Waals surface area contributed by atoms with E-state index in [9.17, 15) is 8.78 Å². The maximum absolute atomic E-state index is 13.4. The van der Waals surface area contributed by atoms with Gasteiger partial charge in [-0.15, -0.1) is 0 Å². The van der Waals surface area contributed by atoms with Gasteiger partial charge in [0.05, 0.1) is 6.61 Å². The van der Waals surface area contributed by atoms with Gasteiger partial charge in [0, 0.05) is 39.3 Å². The Labute approximate surface area is 197 Å². The molecule has 1 fully saturated rings. The lowest BCUT2D eigenvalue weighted by atomic mass is 10.0. The van der Waals surface area contributed by atoms with Crippen molar-refractivity contribution in [2.24, 2.45) is 0 Å². The molecule has 1 aliphatic heterocycles. The van der Waals surface area contributed by atoms with Gasteiger partial charge < -0.3 is 14.7 Å². The van der Waals surface area contributed by atoms with Crippen LogP contribution in [-0.2, 0) is 4.74 Å². The van der Waals surface area contributed by atoms with E-state index in [2.05, 4.69) is 9.80 Å². The quantitative estimate of drug-likeness (QED) is 0.402. The summed E-state index contributed by atoms with van der Waals surface area (Å²) in [4.78, 5) is 4.97. The number of hydrogen-bond acceptors (Lipinski definition) is 4. The van der Waals surface area contributed by atoms with E-state index in [0.717, 1.165) is 56.7 Å². The molecule has 4 nitrogen and oxygen atoms in total. The lowest BCUT2D eigenvalue weighted by Gasteiger charge is -2.35. The van der Waals surface area contributed by atoms with Crippen LogP contribution >= 0.6 is 0 Å². The number of nitrogens with zero attached hydrogens (tertiary/aromatic N) is 2. The van der Waals surface area contributed by atoms with E-state index in [4.69, 9.17) is 9.84 Å². The summed E-state index contributed by atoms with van der Waals surface area (Å²) >= 11 is 0. The maximum atomic E-state index is 13.4. The van der Waals surface area contributed by atoms with Crippen molar-refractivity contribution in [2.45, 2.75) is 44.6 Å². The fraction of sp³-hybridized carbons (Fsp3) is 0.556. The first-order chi connectivity index (χ1) is 16.2. The summed E-state index contributed by atoms with van der Waals surface area (Å²) < 4.78 is 33.0. The van der Waals surface area contributed by atoms with Gasteiger partial charge in [0.2, 0.25) is 0 Å². The first-order valence-corrected chi connectivity index (χ1v) is 12.3. The minimum Gasteiger partial charge on any atom is -0.396 e. The number of halogens is 2. The zero-order valence-electron chi connectivity index (χ0n) is 19.6. The van der Waals surface area contributed by atoms with E-state index in [-0.39, 0.29) is 17.7 Å². The predicted octanol–water partition coefficient (Wildman–Crippen LogP) is 5.02. The van der Waals surface area contributed by atoms with Crippen LogP contribution in [0.25, 0.3) is 0 Å². The molecule has 1 saturated heterocycles. The van der Waals surface area contributed by atoms with Crippen molar-refractivity contribution in [3.8, 4) is 0 Å². The molecular weight excluding hydrogens is 422 g/mol. The highest BCUT2D eigenvalue weighted by atomic mass is 19.1. The fourth-order valence-corrected chi connectivity index (χ4v) is 4.35. The van der Waals surface area contributed by atoms with E-state index in [1.165, 1.54) is 56.5 Å². The Hall–Kier alpha value is -1.86. The second-order valence-electron chi connectivity index (χ2n) is 8.88.